The number of piperidine rings is 1. The number of fused-ring (bicyclic) bond motifs is 2. The topological polar surface area (TPSA) is 234 Å². The minimum atomic E-state index is -1.06. The molecule has 0 spiro atoms. The van der Waals surface area contributed by atoms with Gasteiger partial charge in [0.1, 0.15) is 36.8 Å². The highest BCUT2D eigenvalue weighted by Crippen LogP contribution is 2.34. The van der Waals surface area contributed by atoms with E-state index in [4.69, 9.17) is 28.4 Å². The molecule has 64 heavy (non-hydrogen) atoms. The van der Waals surface area contributed by atoms with Crippen LogP contribution in [0.1, 0.15) is 75.2 Å². The molecule has 1 atom stereocenters. The molecule has 4 aromatic rings. The van der Waals surface area contributed by atoms with Crippen molar-refractivity contribution in [2.45, 2.75) is 56.7 Å². The predicted octanol–water partition coefficient (Wildman–Crippen LogP) is 3.71. The van der Waals surface area contributed by atoms with E-state index < -0.39 is 29.7 Å². The maximum Gasteiger partial charge on any atom is 0.266 e. The van der Waals surface area contributed by atoms with E-state index in [-0.39, 0.29) is 93.3 Å². The molecule has 1 saturated carbocycles. The summed E-state index contributed by atoms with van der Waals surface area (Å²) in [6, 6.07) is 19.7. The van der Waals surface area contributed by atoms with Gasteiger partial charge in [0.05, 0.1) is 74.6 Å². The van der Waals surface area contributed by atoms with Crippen LogP contribution in [0.25, 0.3) is 10.9 Å². The molecule has 3 aromatic carbocycles. The molecule has 6 amide bonds. The zero-order chi connectivity index (χ0) is 44.8. The van der Waals surface area contributed by atoms with E-state index in [1.165, 1.54) is 6.07 Å². The Morgan fingerprint density at radius 1 is 0.766 bits per heavy atom. The molecule has 2 aliphatic heterocycles. The Bertz CT molecular complexity index is 2390. The molecular weight excluding hydrogens is 829 g/mol. The molecule has 18 nitrogen and oxygen atoms in total. The number of nitrogens with zero attached hydrogens (tertiary/aromatic N) is 3. The van der Waals surface area contributed by atoms with Crippen molar-refractivity contribution < 1.29 is 57.2 Å². The maximum atomic E-state index is 13.2. The molecule has 18 heteroatoms. The smallest absolute Gasteiger partial charge is 0.266 e. The summed E-state index contributed by atoms with van der Waals surface area (Å²) < 4.78 is 34.0. The van der Waals surface area contributed by atoms with Crippen molar-refractivity contribution in [3.05, 3.63) is 95.2 Å². The lowest BCUT2D eigenvalue weighted by molar-refractivity contribution is -0.136. The van der Waals surface area contributed by atoms with Gasteiger partial charge in [-0.3, -0.25) is 44.0 Å². The zero-order valence-corrected chi connectivity index (χ0v) is 35.0. The molecule has 0 bridgehead atoms. The van der Waals surface area contributed by atoms with Crippen LogP contribution in [-0.2, 0) is 33.3 Å². The Balaban J connectivity index is 0.688. The fourth-order valence-electron chi connectivity index (χ4n) is 7.66. The molecule has 1 saturated heterocycles. The number of nitrogens with one attached hydrogen (secondary N) is 3. The number of amides is 6. The lowest BCUT2D eigenvalue weighted by Crippen LogP contribution is -2.54. The van der Waals surface area contributed by atoms with Crippen LogP contribution in [0, 0.1) is 11.3 Å². The maximum absolute atomic E-state index is 13.2. The number of aromatic nitrogens is 1. The van der Waals surface area contributed by atoms with Gasteiger partial charge < -0.3 is 39.1 Å². The molecule has 3 heterocycles. The number of carbonyl (C=O) groups is 6. The van der Waals surface area contributed by atoms with Crippen LogP contribution in [-0.4, -0.2) is 123 Å². The third-order valence-corrected chi connectivity index (χ3v) is 10.8. The second-order valence-corrected chi connectivity index (χ2v) is 15.2. The summed E-state index contributed by atoms with van der Waals surface area (Å²) in [5.41, 5.74) is 2.35. The lowest BCUT2D eigenvalue weighted by Gasteiger charge is -2.30. The van der Waals surface area contributed by atoms with E-state index in [9.17, 15) is 34.0 Å². The van der Waals surface area contributed by atoms with Gasteiger partial charge in [0, 0.05) is 35.3 Å². The molecule has 3 aliphatic rings. The van der Waals surface area contributed by atoms with Crippen LogP contribution in [0.5, 0.6) is 11.5 Å². The first-order valence-corrected chi connectivity index (χ1v) is 21.1. The van der Waals surface area contributed by atoms with E-state index in [2.05, 4.69) is 27.0 Å². The Labute approximate surface area is 368 Å². The summed E-state index contributed by atoms with van der Waals surface area (Å²) in [4.78, 5) is 80.6. The first kappa shape index (κ1) is 45.3. The number of hydrogen-bond acceptors (Lipinski definition) is 14. The molecule has 334 valence electrons. The van der Waals surface area contributed by atoms with Crippen LogP contribution in [0.2, 0.25) is 0 Å². The van der Waals surface area contributed by atoms with Crippen molar-refractivity contribution in [1.29, 1.82) is 5.26 Å². The zero-order valence-electron chi connectivity index (χ0n) is 35.0. The van der Waals surface area contributed by atoms with Gasteiger partial charge in [-0.25, -0.2) is 0 Å². The molecule has 1 aliphatic carbocycles. The average molecular weight is 877 g/mol. The molecule has 0 radical (unpaired) electrons. The highest BCUT2D eigenvalue weighted by Gasteiger charge is 2.46. The SMILES string of the molecule is N#Cc1cccc2c(OC3CCC(NC(=O)c4ccc(NC(=O)COCCOCCOCCOCCOc5cccc6c5C(=O)N(C5CCC(=O)NC5=O)C6=O)cc4)CC3)ccnc12. The standard InChI is InChI=1S/C46H48N6O12/c47-27-30-3-1-4-34-37(17-18-48-42(30)34)64-33-13-11-32(12-14-33)50-43(55)29-7-9-31(10-8-29)49-40(54)28-62-24-23-60-20-19-59-21-22-61-25-26-63-38-6-2-5-35-41(38)46(58)52(45(35)57)36-15-16-39(53)51-44(36)56/h1-10,17-18,32-33,36H,11-16,19-26,28H2,(H,49,54)(H,50,55)(H,51,53,56). The third-order valence-electron chi connectivity index (χ3n) is 10.8. The third kappa shape index (κ3) is 11.4. The first-order chi connectivity index (χ1) is 31.2. The van der Waals surface area contributed by atoms with Gasteiger partial charge in [-0.2, -0.15) is 5.26 Å². The molecule has 3 N–H and O–H groups in total. The number of hydrogen-bond donors (Lipinski definition) is 3. The number of pyridine rings is 1. The first-order valence-electron chi connectivity index (χ1n) is 21.1. The second kappa shape index (κ2) is 22.0. The van der Waals surface area contributed by atoms with Gasteiger partial charge in [0.15, 0.2) is 0 Å². The fraction of sp³-hybridized carbons (Fsp3) is 0.391. The molecular formula is C46H48N6O12. The highest BCUT2D eigenvalue weighted by atomic mass is 16.6. The Hall–Kier alpha value is -6.78. The summed E-state index contributed by atoms with van der Waals surface area (Å²) in [6.45, 7) is 1.79. The van der Waals surface area contributed by atoms with Gasteiger partial charge in [-0.05, 0) is 86.7 Å². The van der Waals surface area contributed by atoms with E-state index in [1.807, 2.05) is 18.2 Å². The molecule has 1 unspecified atom stereocenters. The number of ether oxygens (including phenoxy) is 6. The predicted molar refractivity (Wildman–Crippen MR) is 228 cm³/mol. The van der Waals surface area contributed by atoms with Crippen molar-refractivity contribution in [2.24, 2.45) is 0 Å². The Morgan fingerprint density at radius 3 is 2.16 bits per heavy atom. The van der Waals surface area contributed by atoms with E-state index in [0.29, 0.717) is 47.9 Å². The van der Waals surface area contributed by atoms with E-state index >= 15 is 0 Å². The molecule has 2 fully saturated rings. The average Bonchev–Trinajstić information content (AvgIpc) is 3.55. The largest absolute Gasteiger partial charge is 0.490 e. The summed E-state index contributed by atoms with van der Waals surface area (Å²) in [5.74, 6) is -2.00. The second-order valence-electron chi connectivity index (χ2n) is 15.2. The number of rotatable bonds is 21. The summed E-state index contributed by atoms with van der Waals surface area (Å²) >= 11 is 0. The van der Waals surface area contributed by atoms with Crippen LogP contribution >= 0.6 is 0 Å². The normalized spacial score (nSPS) is 18.3. The van der Waals surface area contributed by atoms with E-state index in [0.717, 1.165) is 36.0 Å². The van der Waals surface area contributed by atoms with Crippen LogP contribution in [0.3, 0.4) is 0 Å². The summed E-state index contributed by atoms with van der Waals surface area (Å²) in [5, 5.41) is 18.3. The summed E-state index contributed by atoms with van der Waals surface area (Å²) in [6.07, 6.45) is 4.81. The highest BCUT2D eigenvalue weighted by molar-refractivity contribution is 6.24. The fourth-order valence-corrected chi connectivity index (χ4v) is 7.66. The molecule has 1 aromatic heterocycles. The van der Waals surface area contributed by atoms with Crippen LogP contribution in [0.4, 0.5) is 5.69 Å². The number of para-hydroxylation sites is 1. The van der Waals surface area contributed by atoms with Gasteiger partial charge in [0.2, 0.25) is 17.7 Å². The minimum Gasteiger partial charge on any atom is -0.490 e. The number of imide groups is 2. The van der Waals surface area contributed by atoms with Crippen molar-refractivity contribution >= 4 is 52.0 Å². The van der Waals surface area contributed by atoms with Crippen molar-refractivity contribution in [1.82, 2.24) is 20.5 Å². The lowest BCUT2D eigenvalue weighted by atomic mass is 9.92. The van der Waals surface area contributed by atoms with Crippen LogP contribution < -0.4 is 25.4 Å². The van der Waals surface area contributed by atoms with Gasteiger partial charge in [-0.1, -0.05) is 12.1 Å². The summed E-state index contributed by atoms with van der Waals surface area (Å²) in [7, 11) is 0. The van der Waals surface area contributed by atoms with Crippen molar-refractivity contribution in [2.75, 3.05) is 64.8 Å². The monoisotopic (exact) mass is 876 g/mol. The Kier molecular flexibility index (Phi) is 15.6. The van der Waals surface area contributed by atoms with Crippen molar-refractivity contribution in [3.63, 3.8) is 0 Å². The van der Waals surface area contributed by atoms with E-state index in [1.54, 1.807) is 48.7 Å². The van der Waals surface area contributed by atoms with Crippen molar-refractivity contribution in [3.8, 4) is 17.6 Å². The Morgan fingerprint density at radius 2 is 1.45 bits per heavy atom. The number of carbonyl (C=O) groups excluding carboxylic acids is 6. The molecule has 7 rings (SSSR count). The quantitative estimate of drug-likeness (QED) is 0.0800. The van der Waals surface area contributed by atoms with Crippen LogP contribution in [0.15, 0.2) is 72.9 Å². The number of benzene rings is 3. The number of nitriles is 1. The van der Waals surface area contributed by atoms with Gasteiger partial charge in [-0.15, -0.1) is 0 Å². The number of anilines is 1. The van der Waals surface area contributed by atoms with Gasteiger partial charge >= 0.3 is 0 Å². The minimum absolute atomic E-state index is 0.00890. The van der Waals surface area contributed by atoms with Gasteiger partial charge in [0.25, 0.3) is 17.7 Å².